The zero-order chi connectivity index (χ0) is 12.0. The molecule has 17 heavy (non-hydrogen) atoms. The van der Waals surface area contributed by atoms with Gasteiger partial charge < -0.3 is 5.73 Å². The van der Waals surface area contributed by atoms with Gasteiger partial charge in [-0.15, -0.1) is 0 Å². The summed E-state index contributed by atoms with van der Waals surface area (Å²) in [5, 5.41) is 8.77. The second-order valence-corrected chi connectivity index (χ2v) is 5.26. The van der Waals surface area contributed by atoms with E-state index >= 15 is 0 Å². The Morgan fingerprint density at radius 1 is 1.35 bits per heavy atom. The summed E-state index contributed by atoms with van der Waals surface area (Å²) in [5.41, 5.74) is 9.84. The van der Waals surface area contributed by atoms with Gasteiger partial charge in [0.1, 0.15) is 5.84 Å². The van der Waals surface area contributed by atoms with E-state index in [0.29, 0.717) is 0 Å². The van der Waals surface area contributed by atoms with Crippen LogP contribution in [0, 0.1) is 5.41 Å². The second-order valence-electron chi connectivity index (χ2n) is 4.34. The molecule has 1 aliphatic rings. The van der Waals surface area contributed by atoms with Crippen LogP contribution in [0.3, 0.4) is 0 Å². The predicted octanol–water partition coefficient (Wildman–Crippen LogP) is 2.77. The number of rotatable bonds is 1. The first kappa shape index (κ1) is 10.7. The average Bonchev–Trinajstić information content (AvgIpc) is 2.72. The third-order valence-corrected chi connectivity index (χ3v) is 3.74. The lowest BCUT2D eigenvalue weighted by Crippen LogP contribution is -2.15. The summed E-state index contributed by atoms with van der Waals surface area (Å²) in [5.74, 6) is 0.147. The van der Waals surface area contributed by atoms with Crippen molar-refractivity contribution in [1.29, 1.82) is 5.41 Å². The number of halogens is 1. The van der Waals surface area contributed by atoms with E-state index < -0.39 is 0 Å². The van der Waals surface area contributed by atoms with Crippen LogP contribution < -0.4 is 5.73 Å². The number of amidine groups is 1. The van der Waals surface area contributed by atoms with E-state index in [9.17, 15) is 0 Å². The molecule has 0 aliphatic heterocycles. The quantitative estimate of drug-likeness (QED) is 0.626. The van der Waals surface area contributed by atoms with Crippen molar-refractivity contribution in [1.82, 2.24) is 4.98 Å². The molecule has 0 spiro atoms. The van der Waals surface area contributed by atoms with Crippen LogP contribution in [0.5, 0.6) is 0 Å². The number of hydrogen-bond donors (Lipinski definition) is 2. The smallest absolute Gasteiger partial charge is 0.123 e. The van der Waals surface area contributed by atoms with Crippen molar-refractivity contribution in [2.24, 2.45) is 5.73 Å². The van der Waals surface area contributed by atoms with E-state index in [1.807, 2.05) is 18.2 Å². The number of benzene rings is 1. The Hall–Kier alpha value is -1.42. The lowest BCUT2D eigenvalue weighted by Gasteiger charge is -2.11. The van der Waals surface area contributed by atoms with Crippen molar-refractivity contribution in [2.75, 3.05) is 0 Å². The molecule has 0 unspecified atom stereocenters. The third kappa shape index (κ3) is 1.63. The van der Waals surface area contributed by atoms with Crippen molar-refractivity contribution < 1.29 is 0 Å². The molecule has 0 saturated carbocycles. The first-order valence-electron chi connectivity index (χ1n) is 5.62. The average molecular weight is 290 g/mol. The Bertz CT molecular complexity index is 634. The van der Waals surface area contributed by atoms with Crippen LogP contribution in [0.2, 0.25) is 0 Å². The molecule has 1 aromatic carbocycles. The maximum Gasteiger partial charge on any atom is 0.123 e. The minimum Gasteiger partial charge on any atom is -0.384 e. The van der Waals surface area contributed by atoms with E-state index in [1.54, 1.807) is 0 Å². The highest BCUT2D eigenvalue weighted by molar-refractivity contribution is 9.10. The molecule has 1 heterocycles. The van der Waals surface area contributed by atoms with Crippen LogP contribution in [0.4, 0.5) is 0 Å². The molecule has 0 saturated heterocycles. The first-order valence-corrected chi connectivity index (χ1v) is 6.41. The molecule has 1 aliphatic carbocycles. The Morgan fingerprint density at radius 3 is 2.94 bits per heavy atom. The summed E-state index contributed by atoms with van der Waals surface area (Å²) in [6, 6.07) is 5.95. The van der Waals surface area contributed by atoms with Gasteiger partial charge in [-0.05, 0) is 43.0 Å². The number of nitrogens with one attached hydrogen (secondary N) is 1. The SMILES string of the molecule is N=C(N)c1c2c(nc3ccc(Br)cc13)CCC2. The topological polar surface area (TPSA) is 62.8 Å². The maximum atomic E-state index is 7.79. The molecule has 0 bridgehead atoms. The number of fused-ring (bicyclic) bond motifs is 2. The predicted molar refractivity (Wildman–Crippen MR) is 72.5 cm³/mol. The van der Waals surface area contributed by atoms with Crippen molar-refractivity contribution >= 4 is 32.7 Å². The molecule has 0 fully saturated rings. The summed E-state index contributed by atoms with van der Waals surface area (Å²) in [4.78, 5) is 4.67. The van der Waals surface area contributed by atoms with Crippen molar-refractivity contribution in [3.8, 4) is 0 Å². The van der Waals surface area contributed by atoms with Gasteiger partial charge in [0.05, 0.1) is 5.52 Å². The van der Waals surface area contributed by atoms with E-state index in [4.69, 9.17) is 11.1 Å². The van der Waals surface area contributed by atoms with Crippen molar-refractivity contribution in [3.05, 3.63) is 39.5 Å². The first-order chi connectivity index (χ1) is 8.16. The fourth-order valence-electron chi connectivity index (χ4n) is 2.54. The second kappa shape index (κ2) is 3.81. The highest BCUT2D eigenvalue weighted by Crippen LogP contribution is 2.31. The molecule has 3 nitrogen and oxygen atoms in total. The summed E-state index contributed by atoms with van der Waals surface area (Å²) in [6.45, 7) is 0. The van der Waals surface area contributed by atoms with Gasteiger partial charge in [0.2, 0.25) is 0 Å². The van der Waals surface area contributed by atoms with Gasteiger partial charge in [-0.2, -0.15) is 0 Å². The fourth-order valence-corrected chi connectivity index (χ4v) is 2.90. The molecular weight excluding hydrogens is 278 g/mol. The number of aryl methyl sites for hydroxylation is 1. The minimum absolute atomic E-state index is 0.147. The van der Waals surface area contributed by atoms with Gasteiger partial charge in [0, 0.05) is 21.1 Å². The number of hydrogen-bond acceptors (Lipinski definition) is 2. The molecule has 2 aromatic rings. The van der Waals surface area contributed by atoms with Crippen LogP contribution in [0.25, 0.3) is 10.9 Å². The number of nitrogens with zero attached hydrogens (tertiary/aromatic N) is 1. The lowest BCUT2D eigenvalue weighted by molar-refractivity contribution is 0.901. The molecule has 3 rings (SSSR count). The lowest BCUT2D eigenvalue weighted by atomic mass is 10.0. The molecule has 0 radical (unpaired) electrons. The highest BCUT2D eigenvalue weighted by Gasteiger charge is 2.20. The maximum absolute atomic E-state index is 7.79. The summed E-state index contributed by atoms with van der Waals surface area (Å²) >= 11 is 3.46. The Labute approximate surface area is 108 Å². The van der Waals surface area contributed by atoms with Gasteiger partial charge >= 0.3 is 0 Å². The molecule has 86 valence electrons. The zero-order valence-electron chi connectivity index (χ0n) is 9.26. The number of aromatic nitrogens is 1. The molecule has 1 aromatic heterocycles. The minimum atomic E-state index is 0.147. The van der Waals surface area contributed by atoms with E-state index in [2.05, 4.69) is 20.9 Å². The van der Waals surface area contributed by atoms with Crippen molar-refractivity contribution in [3.63, 3.8) is 0 Å². The standard InChI is InChI=1S/C13H12BrN3/c14-7-4-5-11-9(6-7)12(13(15)16)8-2-1-3-10(8)17-11/h4-6H,1-3H2,(H3,15,16). The number of nitrogens with two attached hydrogens (primary N) is 1. The van der Waals surface area contributed by atoms with Crippen LogP contribution in [0.15, 0.2) is 22.7 Å². The Kier molecular flexibility index (Phi) is 2.40. The number of nitrogen functional groups attached to an aromatic ring is 1. The van der Waals surface area contributed by atoms with Crippen LogP contribution >= 0.6 is 15.9 Å². The summed E-state index contributed by atoms with van der Waals surface area (Å²) in [7, 11) is 0. The van der Waals surface area contributed by atoms with E-state index in [-0.39, 0.29) is 5.84 Å². The van der Waals surface area contributed by atoms with E-state index in [1.165, 1.54) is 5.56 Å². The van der Waals surface area contributed by atoms with Gasteiger partial charge in [-0.1, -0.05) is 15.9 Å². The molecule has 3 N–H and O–H groups in total. The highest BCUT2D eigenvalue weighted by atomic mass is 79.9. The Balaban J connectivity index is 2.45. The molecular formula is C13H12BrN3. The summed E-state index contributed by atoms with van der Waals surface area (Å²) < 4.78 is 0.993. The fraction of sp³-hybridized carbons (Fsp3) is 0.231. The van der Waals surface area contributed by atoms with Crippen molar-refractivity contribution in [2.45, 2.75) is 19.3 Å². The van der Waals surface area contributed by atoms with Gasteiger partial charge in [0.15, 0.2) is 0 Å². The monoisotopic (exact) mass is 289 g/mol. The van der Waals surface area contributed by atoms with Gasteiger partial charge in [-0.25, -0.2) is 0 Å². The summed E-state index contributed by atoms with van der Waals surface area (Å²) in [6.07, 6.45) is 3.10. The van der Waals surface area contributed by atoms with Gasteiger partial charge in [0.25, 0.3) is 0 Å². The third-order valence-electron chi connectivity index (χ3n) is 3.24. The van der Waals surface area contributed by atoms with Gasteiger partial charge in [-0.3, -0.25) is 10.4 Å². The van der Waals surface area contributed by atoms with Crippen LogP contribution in [-0.2, 0) is 12.8 Å². The molecule has 0 amide bonds. The van der Waals surface area contributed by atoms with Crippen LogP contribution in [0.1, 0.15) is 23.2 Å². The molecule has 0 atom stereocenters. The van der Waals surface area contributed by atoms with Crippen LogP contribution in [-0.4, -0.2) is 10.8 Å². The normalized spacial score (nSPS) is 13.9. The zero-order valence-corrected chi connectivity index (χ0v) is 10.8. The van der Waals surface area contributed by atoms with E-state index in [0.717, 1.165) is 45.9 Å². The number of pyridine rings is 1. The Morgan fingerprint density at radius 2 is 2.18 bits per heavy atom. The largest absolute Gasteiger partial charge is 0.384 e. The molecule has 4 heteroatoms.